The topological polar surface area (TPSA) is 81.0 Å². The summed E-state index contributed by atoms with van der Waals surface area (Å²) in [4.78, 5) is 26.5. The molecule has 8 heteroatoms. The average Bonchev–Trinajstić information content (AvgIpc) is 2.94. The molecule has 2 heterocycles. The van der Waals surface area contributed by atoms with E-state index in [1.165, 1.54) is 18.5 Å². The minimum absolute atomic E-state index is 0.0339. The van der Waals surface area contributed by atoms with Crippen molar-refractivity contribution in [3.8, 4) is 0 Å². The lowest BCUT2D eigenvalue weighted by Crippen LogP contribution is -2.30. The Morgan fingerprint density at radius 3 is 2.41 bits per heavy atom. The van der Waals surface area contributed by atoms with Crippen LogP contribution in [0.1, 0.15) is 39.2 Å². The van der Waals surface area contributed by atoms with Gasteiger partial charge in [0.1, 0.15) is 6.54 Å². The zero-order valence-corrected chi connectivity index (χ0v) is 14.2. The molecular formula is C14H19N5O2S. The van der Waals surface area contributed by atoms with Crippen molar-refractivity contribution in [2.75, 3.05) is 7.05 Å². The summed E-state index contributed by atoms with van der Waals surface area (Å²) in [5.41, 5.74) is 2.82. The third-order valence-electron chi connectivity index (χ3n) is 3.57. The van der Waals surface area contributed by atoms with Crippen LogP contribution in [-0.2, 0) is 17.9 Å². The lowest BCUT2D eigenvalue weighted by atomic mass is 10.1. The minimum atomic E-state index is -0.0755. The smallest absolute Gasteiger partial charge is 0.244 e. The second kappa shape index (κ2) is 6.35. The SMILES string of the molecule is CC(=O)c1c(C)nn(CC(=O)N(C)Cc2snnc2C)c1C. The molecule has 0 fully saturated rings. The number of aryl methyl sites for hydroxylation is 2. The van der Waals surface area contributed by atoms with Gasteiger partial charge in [0.05, 0.1) is 28.4 Å². The van der Waals surface area contributed by atoms with Crippen molar-refractivity contribution in [1.29, 1.82) is 0 Å². The molecule has 118 valence electrons. The number of amides is 1. The molecule has 0 atom stereocenters. The molecule has 22 heavy (non-hydrogen) atoms. The fourth-order valence-electron chi connectivity index (χ4n) is 2.31. The molecule has 0 aliphatic heterocycles. The molecule has 2 aromatic rings. The number of carbonyl (C=O) groups excluding carboxylic acids is 2. The number of carbonyl (C=O) groups is 2. The molecule has 0 N–H and O–H groups in total. The van der Waals surface area contributed by atoms with Gasteiger partial charge in [-0.2, -0.15) is 5.10 Å². The third kappa shape index (κ3) is 3.22. The Bertz CT molecular complexity index is 719. The van der Waals surface area contributed by atoms with Crippen LogP contribution in [0.5, 0.6) is 0 Å². The second-order valence-electron chi connectivity index (χ2n) is 5.29. The second-order valence-corrected chi connectivity index (χ2v) is 6.13. The highest BCUT2D eigenvalue weighted by molar-refractivity contribution is 7.05. The van der Waals surface area contributed by atoms with Gasteiger partial charge in [-0.15, -0.1) is 5.10 Å². The van der Waals surface area contributed by atoms with Crippen LogP contribution in [0, 0.1) is 20.8 Å². The maximum Gasteiger partial charge on any atom is 0.244 e. The molecular weight excluding hydrogens is 302 g/mol. The highest BCUT2D eigenvalue weighted by Gasteiger charge is 2.19. The van der Waals surface area contributed by atoms with Crippen LogP contribution in [0.25, 0.3) is 0 Å². The number of ketones is 1. The first-order chi connectivity index (χ1) is 10.3. The maximum absolute atomic E-state index is 12.3. The fourth-order valence-corrected chi connectivity index (χ4v) is 3.00. The lowest BCUT2D eigenvalue weighted by molar-refractivity contribution is -0.131. The summed E-state index contributed by atoms with van der Waals surface area (Å²) in [6, 6.07) is 0. The number of hydrogen-bond donors (Lipinski definition) is 0. The Labute approximate surface area is 133 Å². The van der Waals surface area contributed by atoms with Gasteiger partial charge < -0.3 is 4.90 Å². The normalized spacial score (nSPS) is 10.8. The standard InChI is InChI=1S/C14H19N5O2S/c1-8-12(22-17-15-8)6-18(5)13(21)7-19-10(3)14(11(4)20)9(2)16-19/h6-7H2,1-5H3. The molecule has 0 bridgehead atoms. The minimum Gasteiger partial charge on any atom is -0.339 e. The van der Waals surface area contributed by atoms with Gasteiger partial charge >= 0.3 is 0 Å². The quantitative estimate of drug-likeness (QED) is 0.780. The number of rotatable bonds is 5. The first-order valence-electron chi connectivity index (χ1n) is 6.88. The number of hydrogen-bond acceptors (Lipinski definition) is 6. The van der Waals surface area contributed by atoms with Crippen LogP contribution in [0.3, 0.4) is 0 Å². The van der Waals surface area contributed by atoms with Crippen LogP contribution in [0.15, 0.2) is 0 Å². The third-order valence-corrected chi connectivity index (χ3v) is 4.38. The van der Waals surface area contributed by atoms with Gasteiger partial charge in [0.15, 0.2) is 5.78 Å². The van der Waals surface area contributed by atoms with Crippen molar-refractivity contribution < 1.29 is 9.59 Å². The Morgan fingerprint density at radius 1 is 1.23 bits per heavy atom. The molecule has 0 saturated carbocycles. The largest absolute Gasteiger partial charge is 0.339 e. The summed E-state index contributed by atoms with van der Waals surface area (Å²) in [7, 11) is 1.74. The lowest BCUT2D eigenvalue weighted by Gasteiger charge is -2.16. The van der Waals surface area contributed by atoms with E-state index in [1.807, 2.05) is 6.92 Å². The van der Waals surface area contributed by atoms with Gasteiger partial charge in [-0.05, 0) is 39.2 Å². The van der Waals surface area contributed by atoms with Gasteiger partial charge in [0.25, 0.3) is 0 Å². The van der Waals surface area contributed by atoms with E-state index in [-0.39, 0.29) is 18.2 Å². The summed E-state index contributed by atoms with van der Waals surface area (Å²) in [5, 5.41) is 8.23. The summed E-state index contributed by atoms with van der Waals surface area (Å²) >= 11 is 1.29. The number of nitrogens with zero attached hydrogens (tertiary/aromatic N) is 5. The molecule has 2 aromatic heterocycles. The maximum atomic E-state index is 12.3. The zero-order chi connectivity index (χ0) is 16.4. The average molecular weight is 321 g/mol. The Hall–Kier alpha value is -2.09. The van der Waals surface area contributed by atoms with E-state index in [0.29, 0.717) is 17.8 Å². The molecule has 0 radical (unpaired) electrons. The summed E-state index contributed by atoms with van der Waals surface area (Å²) < 4.78 is 5.45. The van der Waals surface area contributed by atoms with E-state index in [1.54, 1.807) is 30.5 Å². The highest BCUT2D eigenvalue weighted by atomic mass is 32.1. The molecule has 2 rings (SSSR count). The van der Waals surface area contributed by atoms with E-state index in [2.05, 4.69) is 14.7 Å². The van der Waals surface area contributed by atoms with Crippen LogP contribution < -0.4 is 0 Å². The van der Waals surface area contributed by atoms with Crippen molar-refractivity contribution in [2.24, 2.45) is 0 Å². The molecule has 0 aliphatic carbocycles. The highest BCUT2D eigenvalue weighted by Crippen LogP contribution is 2.15. The number of Topliss-reactive ketones (excluding diaryl/α,β-unsaturated/α-hetero) is 1. The summed E-state index contributed by atoms with van der Waals surface area (Å²) in [6.45, 7) is 7.55. The Kier molecular flexibility index (Phi) is 4.70. The first kappa shape index (κ1) is 16.3. The van der Waals surface area contributed by atoms with Gasteiger partial charge in [-0.25, -0.2) is 0 Å². The Morgan fingerprint density at radius 2 is 1.91 bits per heavy atom. The predicted molar refractivity (Wildman–Crippen MR) is 82.8 cm³/mol. The molecule has 0 aliphatic rings. The molecule has 1 amide bonds. The van der Waals surface area contributed by atoms with Crippen LogP contribution >= 0.6 is 11.5 Å². The van der Waals surface area contributed by atoms with Gasteiger partial charge in [-0.1, -0.05) is 4.49 Å². The van der Waals surface area contributed by atoms with E-state index >= 15 is 0 Å². The number of aromatic nitrogens is 4. The van der Waals surface area contributed by atoms with Crippen molar-refractivity contribution in [2.45, 2.75) is 40.8 Å². The van der Waals surface area contributed by atoms with Gasteiger partial charge in [0, 0.05) is 12.7 Å². The summed E-state index contributed by atoms with van der Waals surface area (Å²) in [5.74, 6) is -0.109. The van der Waals surface area contributed by atoms with E-state index in [0.717, 1.165) is 16.3 Å². The summed E-state index contributed by atoms with van der Waals surface area (Å²) in [6.07, 6.45) is 0. The van der Waals surface area contributed by atoms with E-state index < -0.39 is 0 Å². The number of likely N-dealkylation sites (N-methyl/N-ethyl adjacent to an activating group) is 1. The Balaban J connectivity index is 2.10. The predicted octanol–water partition coefficient (Wildman–Crippen LogP) is 1.52. The van der Waals surface area contributed by atoms with Crippen molar-refractivity contribution in [1.82, 2.24) is 24.3 Å². The van der Waals surface area contributed by atoms with Crippen molar-refractivity contribution >= 4 is 23.2 Å². The molecule has 0 saturated heterocycles. The van der Waals surface area contributed by atoms with E-state index in [9.17, 15) is 9.59 Å². The van der Waals surface area contributed by atoms with Crippen LogP contribution in [0.2, 0.25) is 0 Å². The molecule has 0 unspecified atom stereocenters. The van der Waals surface area contributed by atoms with Crippen molar-refractivity contribution in [3.63, 3.8) is 0 Å². The monoisotopic (exact) mass is 321 g/mol. The van der Waals surface area contributed by atoms with E-state index in [4.69, 9.17) is 0 Å². The fraction of sp³-hybridized carbons (Fsp3) is 0.500. The van der Waals surface area contributed by atoms with Gasteiger partial charge in [0.2, 0.25) is 5.91 Å². The molecule has 7 nitrogen and oxygen atoms in total. The zero-order valence-electron chi connectivity index (χ0n) is 13.4. The van der Waals surface area contributed by atoms with Crippen LogP contribution in [0.4, 0.5) is 0 Å². The van der Waals surface area contributed by atoms with Crippen molar-refractivity contribution in [3.05, 3.63) is 27.5 Å². The molecule has 0 spiro atoms. The first-order valence-corrected chi connectivity index (χ1v) is 7.65. The van der Waals surface area contributed by atoms with Gasteiger partial charge in [-0.3, -0.25) is 14.3 Å². The van der Waals surface area contributed by atoms with Crippen LogP contribution in [-0.4, -0.2) is 43.0 Å². The molecule has 0 aromatic carbocycles.